The predicted octanol–water partition coefficient (Wildman–Crippen LogP) is 0.637. The molecular weight excluding hydrogens is 356 g/mol. The molecule has 2 N–H and O–H groups in total. The Balaban J connectivity index is 1.48. The van der Waals surface area contributed by atoms with Gasteiger partial charge in [0, 0.05) is 39.3 Å². The van der Waals surface area contributed by atoms with E-state index < -0.39 is 5.91 Å². The van der Waals surface area contributed by atoms with Gasteiger partial charge in [-0.3, -0.25) is 24.5 Å². The summed E-state index contributed by atoms with van der Waals surface area (Å²) in [7, 11) is 0. The molecule has 3 rings (SSSR count). The van der Waals surface area contributed by atoms with Crippen molar-refractivity contribution in [3.8, 4) is 0 Å². The number of likely N-dealkylation sites (tertiary alicyclic amines) is 1. The fraction of sp³-hybridized carbons (Fsp3) is 0.588. The minimum Gasteiger partial charge on any atom is -0.342 e. The van der Waals surface area contributed by atoms with Crippen LogP contribution in [0.4, 0.5) is 0 Å². The van der Waals surface area contributed by atoms with Crippen molar-refractivity contribution in [2.75, 3.05) is 45.8 Å². The number of carbonyl (C=O) groups excluding carboxylic acids is 3. The summed E-state index contributed by atoms with van der Waals surface area (Å²) in [6.45, 7) is 4.60. The molecule has 3 heterocycles. The van der Waals surface area contributed by atoms with Crippen LogP contribution in [0.25, 0.3) is 0 Å². The van der Waals surface area contributed by atoms with Crippen LogP contribution in [0.1, 0.15) is 38.6 Å². The second-order valence-corrected chi connectivity index (χ2v) is 7.70. The molecule has 0 bridgehead atoms. The number of hydrogen-bond acceptors (Lipinski definition) is 6. The van der Waals surface area contributed by atoms with E-state index >= 15 is 0 Å². The van der Waals surface area contributed by atoms with E-state index in [4.69, 9.17) is 5.21 Å². The lowest BCUT2D eigenvalue weighted by molar-refractivity contribution is -0.133. The molecule has 0 saturated carbocycles. The highest BCUT2D eigenvalue weighted by Crippen LogP contribution is 2.19. The second-order valence-electron chi connectivity index (χ2n) is 6.61. The Morgan fingerprint density at radius 3 is 2.23 bits per heavy atom. The van der Waals surface area contributed by atoms with Crippen molar-refractivity contribution in [3.63, 3.8) is 0 Å². The zero-order valence-electron chi connectivity index (χ0n) is 14.6. The van der Waals surface area contributed by atoms with Gasteiger partial charge in [-0.2, -0.15) is 0 Å². The Labute approximate surface area is 156 Å². The quantitative estimate of drug-likeness (QED) is 0.591. The molecule has 0 aromatic carbocycles. The summed E-state index contributed by atoms with van der Waals surface area (Å²) in [6.07, 6.45) is 3.38. The minimum atomic E-state index is -0.616. The van der Waals surface area contributed by atoms with Crippen LogP contribution in [0.15, 0.2) is 12.1 Å². The Morgan fingerprint density at radius 2 is 1.58 bits per heavy atom. The minimum absolute atomic E-state index is 0.117. The first kappa shape index (κ1) is 18.8. The third-order valence-electron chi connectivity index (χ3n) is 4.87. The highest BCUT2D eigenvalue weighted by atomic mass is 32.1. The van der Waals surface area contributed by atoms with Crippen molar-refractivity contribution in [3.05, 3.63) is 21.9 Å². The Hall–Kier alpha value is -1.97. The topological polar surface area (TPSA) is 93.2 Å². The maximum absolute atomic E-state index is 12.5. The molecule has 2 saturated heterocycles. The van der Waals surface area contributed by atoms with Crippen molar-refractivity contribution >= 4 is 29.1 Å². The summed E-state index contributed by atoms with van der Waals surface area (Å²) in [5.41, 5.74) is 1.57. The van der Waals surface area contributed by atoms with Gasteiger partial charge < -0.3 is 9.80 Å². The second kappa shape index (κ2) is 8.61. The van der Waals surface area contributed by atoms with Gasteiger partial charge in [0.25, 0.3) is 11.8 Å². The lowest BCUT2D eigenvalue weighted by Crippen LogP contribution is -2.51. The average molecular weight is 380 g/mol. The highest BCUT2D eigenvalue weighted by Gasteiger charge is 2.26. The molecule has 1 aromatic heterocycles. The van der Waals surface area contributed by atoms with Crippen LogP contribution in [-0.2, 0) is 4.79 Å². The van der Waals surface area contributed by atoms with E-state index in [0.29, 0.717) is 42.5 Å². The van der Waals surface area contributed by atoms with Gasteiger partial charge in [0.15, 0.2) is 0 Å². The van der Waals surface area contributed by atoms with Crippen molar-refractivity contribution in [2.24, 2.45) is 0 Å². The molecule has 142 valence electrons. The zero-order chi connectivity index (χ0) is 18.5. The van der Waals surface area contributed by atoms with Crippen LogP contribution in [0.3, 0.4) is 0 Å². The van der Waals surface area contributed by atoms with Gasteiger partial charge in [0.05, 0.1) is 16.3 Å². The number of amides is 3. The number of hydroxylamine groups is 1. The smallest absolute Gasteiger partial charge is 0.284 e. The molecule has 2 aliphatic heterocycles. The molecule has 2 fully saturated rings. The average Bonchev–Trinajstić information content (AvgIpc) is 3.18. The number of hydrogen-bond donors (Lipinski definition) is 2. The van der Waals surface area contributed by atoms with Gasteiger partial charge in [0.1, 0.15) is 0 Å². The maximum atomic E-state index is 12.5. The number of piperazine rings is 1. The summed E-state index contributed by atoms with van der Waals surface area (Å²) in [6, 6.07) is 3.13. The first-order valence-corrected chi connectivity index (χ1v) is 9.74. The first-order valence-electron chi connectivity index (χ1n) is 8.92. The Bertz CT molecular complexity index is 663. The molecule has 1 aromatic rings. The lowest BCUT2D eigenvalue weighted by Gasteiger charge is -2.35. The van der Waals surface area contributed by atoms with E-state index in [9.17, 15) is 14.4 Å². The number of carbonyl (C=O) groups is 3. The van der Waals surface area contributed by atoms with E-state index in [1.807, 2.05) is 4.90 Å². The fourth-order valence-corrected chi connectivity index (χ4v) is 4.19. The molecule has 26 heavy (non-hydrogen) atoms. The first-order chi connectivity index (χ1) is 12.6. The van der Waals surface area contributed by atoms with Crippen LogP contribution in [-0.4, -0.2) is 83.4 Å². The molecular formula is C17H24N4O4S. The largest absolute Gasteiger partial charge is 0.342 e. The lowest BCUT2D eigenvalue weighted by atomic mass is 10.1. The van der Waals surface area contributed by atoms with Gasteiger partial charge in [-0.05, 0) is 31.4 Å². The molecule has 9 heteroatoms. The van der Waals surface area contributed by atoms with Gasteiger partial charge in [-0.15, -0.1) is 11.3 Å². The normalized spacial score (nSPS) is 18.7. The standard InChI is InChI=1S/C17H24N4O4S/c22-15(20-6-2-1-3-7-20)12-19-8-10-21(11-9-19)17(24)14-5-4-13(26-14)16(23)18-25/h4-5,25H,1-3,6-12H2,(H,18,23). The van der Waals surface area contributed by atoms with E-state index in [0.717, 1.165) is 37.3 Å². The van der Waals surface area contributed by atoms with E-state index in [2.05, 4.69) is 4.90 Å². The number of piperidine rings is 1. The molecule has 0 spiro atoms. The summed E-state index contributed by atoms with van der Waals surface area (Å²) in [4.78, 5) is 42.8. The van der Waals surface area contributed by atoms with Gasteiger partial charge in [-0.25, -0.2) is 5.48 Å². The number of rotatable bonds is 4. The predicted molar refractivity (Wildman–Crippen MR) is 96.3 cm³/mol. The van der Waals surface area contributed by atoms with Crippen LogP contribution in [0, 0.1) is 0 Å². The Kier molecular flexibility index (Phi) is 6.23. The SMILES string of the molecule is O=C(NO)c1ccc(C(=O)N2CCN(CC(=O)N3CCCCC3)CC2)s1. The number of nitrogens with zero attached hydrogens (tertiary/aromatic N) is 3. The summed E-state index contributed by atoms with van der Waals surface area (Å²) >= 11 is 1.06. The third kappa shape index (κ3) is 4.40. The number of nitrogens with one attached hydrogen (secondary N) is 1. The molecule has 0 radical (unpaired) electrons. The molecule has 8 nitrogen and oxygen atoms in total. The van der Waals surface area contributed by atoms with Crippen molar-refractivity contribution in [1.82, 2.24) is 20.2 Å². The van der Waals surface area contributed by atoms with Crippen molar-refractivity contribution in [1.29, 1.82) is 0 Å². The van der Waals surface area contributed by atoms with E-state index in [1.165, 1.54) is 12.5 Å². The molecule has 3 amide bonds. The maximum Gasteiger partial charge on any atom is 0.284 e. The van der Waals surface area contributed by atoms with Crippen LogP contribution in [0.2, 0.25) is 0 Å². The molecule has 0 aliphatic carbocycles. The van der Waals surface area contributed by atoms with Crippen LogP contribution >= 0.6 is 11.3 Å². The summed E-state index contributed by atoms with van der Waals surface area (Å²) in [5, 5.41) is 8.66. The van der Waals surface area contributed by atoms with Gasteiger partial charge in [0.2, 0.25) is 5.91 Å². The number of thiophene rings is 1. The summed E-state index contributed by atoms with van der Waals surface area (Å²) in [5.74, 6) is -0.550. The highest BCUT2D eigenvalue weighted by molar-refractivity contribution is 7.15. The van der Waals surface area contributed by atoms with E-state index in [-0.39, 0.29) is 11.8 Å². The van der Waals surface area contributed by atoms with E-state index in [1.54, 1.807) is 16.4 Å². The monoisotopic (exact) mass is 380 g/mol. The van der Waals surface area contributed by atoms with Gasteiger partial charge in [-0.1, -0.05) is 0 Å². The summed E-state index contributed by atoms with van der Waals surface area (Å²) < 4.78 is 0. The molecule has 0 atom stereocenters. The van der Waals surface area contributed by atoms with Crippen molar-refractivity contribution in [2.45, 2.75) is 19.3 Å². The third-order valence-corrected chi connectivity index (χ3v) is 5.94. The van der Waals surface area contributed by atoms with Crippen LogP contribution < -0.4 is 5.48 Å². The molecule has 2 aliphatic rings. The van der Waals surface area contributed by atoms with Gasteiger partial charge >= 0.3 is 0 Å². The Morgan fingerprint density at radius 1 is 0.923 bits per heavy atom. The fourth-order valence-electron chi connectivity index (χ4n) is 3.33. The zero-order valence-corrected chi connectivity index (χ0v) is 15.5. The molecule has 0 unspecified atom stereocenters. The van der Waals surface area contributed by atoms with Crippen molar-refractivity contribution < 1.29 is 19.6 Å². The van der Waals surface area contributed by atoms with Crippen LogP contribution in [0.5, 0.6) is 0 Å².